The molecule has 3 rings (SSSR count). The summed E-state index contributed by atoms with van der Waals surface area (Å²) < 4.78 is 4.81. The molecule has 21 heavy (non-hydrogen) atoms. The Morgan fingerprint density at radius 1 is 1.57 bits per heavy atom. The maximum absolute atomic E-state index is 11.6. The molecular weight excluding hydrogens is 288 g/mol. The Morgan fingerprint density at radius 3 is 3.19 bits per heavy atom. The number of carbonyl (C=O) groups excluding carboxylic acids is 1. The second-order valence-electron chi connectivity index (χ2n) is 5.12. The van der Waals surface area contributed by atoms with Crippen molar-refractivity contribution >= 4 is 33.3 Å². The van der Waals surface area contributed by atoms with Crippen molar-refractivity contribution in [1.82, 2.24) is 14.9 Å². The van der Waals surface area contributed by atoms with Crippen LogP contribution >= 0.6 is 11.3 Å². The minimum absolute atomic E-state index is 0.0239. The molecule has 2 aromatic rings. The normalized spacial score (nSPS) is 19.0. The Labute approximate surface area is 127 Å². The predicted octanol–water partition coefficient (Wildman–Crippen LogP) is 1.73. The number of aromatic nitrogens is 2. The Balaban J connectivity index is 1.75. The van der Waals surface area contributed by atoms with E-state index in [-0.39, 0.29) is 11.9 Å². The summed E-state index contributed by atoms with van der Waals surface area (Å²) in [5.74, 6) is 1.51. The lowest BCUT2D eigenvalue weighted by molar-refractivity contribution is -0.144. The minimum Gasteiger partial charge on any atom is -0.469 e. The van der Waals surface area contributed by atoms with Crippen LogP contribution in [0.5, 0.6) is 0 Å². The van der Waals surface area contributed by atoms with Crippen LogP contribution in [0.2, 0.25) is 0 Å². The molecule has 3 heterocycles. The molecule has 6 nitrogen and oxygen atoms in total. The third-order valence-corrected chi connectivity index (χ3v) is 4.59. The second-order valence-corrected chi connectivity index (χ2v) is 6.02. The molecular formula is C14H18N4O2S. The van der Waals surface area contributed by atoms with Crippen LogP contribution in [0.3, 0.4) is 0 Å². The van der Waals surface area contributed by atoms with E-state index in [0.29, 0.717) is 13.1 Å². The van der Waals surface area contributed by atoms with Crippen LogP contribution < -0.4 is 5.32 Å². The maximum Gasteiger partial charge on any atom is 0.310 e. The highest BCUT2D eigenvalue weighted by Gasteiger charge is 2.29. The molecule has 2 aromatic heterocycles. The van der Waals surface area contributed by atoms with Gasteiger partial charge in [-0.15, -0.1) is 11.3 Å². The summed E-state index contributed by atoms with van der Waals surface area (Å²) in [5.41, 5.74) is 0. The number of hydrogen-bond donors (Lipinski definition) is 1. The highest BCUT2D eigenvalue weighted by atomic mass is 32.1. The quantitative estimate of drug-likeness (QED) is 0.868. The zero-order valence-corrected chi connectivity index (χ0v) is 12.9. The van der Waals surface area contributed by atoms with Gasteiger partial charge in [0.05, 0.1) is 25.0 Å². The SMILES string of the molecule is CNc1nc(CN2CCC(C(=O)OC)C2)nc2sccc12. The van der Waals surface area contributed by atoms with Crippen LogP contribution in [0, 0.1) is 5.92 Å². The Bertz CT molecular complexity index is 657. The number of esters is 1. The number of rotatable bonds is 4. The molecule has 1 fully saturated rings. The van der Waals surface area contributed by atoms with E-state index in [1.165, 1.54) is 7.11 Å². The number of hydrogen-bond acceptors (Lipinski definition) is 7. The summed E-state index contributed by atoms with van der Waals surface area (Å²) in [7, 11) is 3.31. The summed E-state index contributed by atoms with van der Waals surface area (Å²) in [4.78, 5) is 23.9. The average molecular weight is 306 g/mol. The first-order chi connectivity index (χ1) is 10.2. The summed E-state index contributed by atoms with van der Waals surface area (Å²) >= 11 is 1.61. The molecule has 1 aliphatic rings. The van der Waals surface area contributed by atoms with Crippen molar-refractivity contribution in [3.8, 4) is 0 Å². The van der Waals surface area contributed by atoms with Gasteiger partial charge in [-0.25, -0.2) is 9.97 Å². The number of fused-ring (bicyclic) bond motifs is 1. The first-order valence-corrected chi connectivity index (χ1v) is 7.81. The third-order valence-electron chi connectivity index (χ3n) is 3.78. The number of nitrogens with one attached hydrogen (secondary N) is 1. The molecule has 1 N–H and O–H groups in total. The van der Waals surface area contributed by atoms with Gasteiger partial charge in [0.25, 0.3) is 0 Å². The van der Waals surface area contributed by atoms with Gasteiger partial charge in [-0.1, -0.05) is 0 Å². The largest absolute Gasteiger partial charge is 0.469 e. The van der Waals surface area contributed by atoms with Crippen LogP contribution in [0.4, 0.5) is 5.82 Å². The third kappa shape index (κ3) is 2.84. The van der Waals surface area contributed by atoms with Gasteiger partial charge in [-0.05, 0) is 24.4 Å². The standard InChI is InChI=1S/C14H18N4O2S/c1-15-12-10-4-6-21-13(10)17-11(16-12)8-18-5-3-9(7-18)14(19)20-2/h4,6,9H,3,5,7-8H2,1-2H3,(H,15,16,17). The average Bonchev–Trinajstić information content (AvgIpc) is 3.14. The predicted molar refractivity (Wildman–Crippen MR) is 82.4 cm³/mol. The first-order valence-electron chi connectivity index (χ1n) is 6.93. The molecule has 0 aliphatic carbocycles. The summed E-state index contributed by atoms with van der Waals surface area (Å²) in [6.45, 7) is 2.25. The van der Waals surface area contributed by atoms with E-state index < -0.39 is 0 Å². The van der Waals surface area contributed by atoms with Crippen molar-refractivity contribution < 1.29 is 9.53 Å². The fourth-order valence-corrected chi connectivity index (χ4v) is 3.48. The van der Waals surface area contributed by atoms with E-state index in [1.54, 1.807) is 11.3 Å². The van der Waals surface area contributed by atoms with E-state index in [9.17, 15) is 4.79 Å². The van der Waals surface area contributed by atoms with Crippen LogP contribution in [0.25, 0.3) is 10.2 Å². The fourth-order valence-electron chi connectivity index (χ4n) is 2.70. The molecule has 0 radical (unpaired) electrons. The highest BCUT2D eigenvalue weighted by Crippen LogP contribution is 2.26. The van der Waals surface area contributed by atoms with Gasteiger partial charge >= 0.3 is 5.97 Å². The molecule has 0 spiro atoms. The number of nitrogens with zero attached hydrogens (tertiary/aromatic N) is 3. The summed E-state index contributed by atoms with van der Waals surface area (Å²) in [6, 6.07) is 2.03. The Hall–Kier alpha value is -1.73. The molecule has 1 atom stereocenters. The Morgan fingerprint density at radius 2 is 2.43 bits per heavy atom. The smallest absolute Gasteiger partial charge is 0.310 e. The lowest BCUT2D eigenvalue weighted by atomic mass is 10.1. The van der Waals surface area contributed by atoms with Crippen LogP contribution in [-0.4, -0.2) is 48.1 Å². The van der Waals surface area contributed by atoms with Gasteiger partial charge in [0, 0.05) is 13.6 Å². The number of carbonyl (C=O) groups is 1. The maximum atomic E-state index is 11.6. The minimum atomic E-state index is -0.122. The molecule has 1 unspecified atom stereocenters. The van der Waals surface area contributed by atoms with Gasteiger partial charge in [0.15, 0.2) is 0 Å². The van der Waals surface area contributed by atoms with Crippen molar-refractivity contribution in [1.29, 1.82) is 0 Å². The van der Waals surface area contributed by atoms with E-state index in [1.807, 2.05) is 18.5 Å². The van der Waals surface area contributed by atoms with Crippen LogP contribution in [0.1, 0.15) is 12.2 Å². The lowest BCUT2D eigenvalue weighted by Crippen LogP contribution is -2.24. The highest BCUT2D eigenvalue weighted by molar-refractivity contribution is 7.16. The zero-order chi connectivity index (χ0) is 14.8. The number of methoxy groups -OCH3 is 1. The molecule has 7 heteroatoms. The zero-order valence-electron chi connectivity index (χ0n) is 12.1. The van der Waals surface area contributed by atoms with Crippen molar-refractivity contribution in [2.75, 3.05) is 32.6 Å². The van der Waals surface area contributed by atoms with Gasteiger partial charge in [0.1, 0.15) is 16.5 Å². The summed E-state index contributed by atoms with van der Waals surface area (Å²) in [6.07, 6.45) is 0.840. The van der Waals surface area contributed by atoms with E-state index >= 15 is 0 Å². The number of anilines is 1. The van der Waals surface area contributed by atoms with Gasteiger partial charge in [0.2, 0.25) is 0 Å². The molecule has 1 saturated heterocycles. The molecule has 0 saturated carbocycles. The van der Waals surface area contributed by atoms with Gasteiger partial charge in [-0.3, -0.25) is 9.69 Å². The number of likely N-dealkylation sites (tertiary alicyclic amines) is 1. The monoisotopic (exact) mass is 306 g/mol. The Kier molecular flexibility index (Phi) is 4.03. The molecule has 1 aliphatic heterocycles. The van der Waals surface area contributed by atoms with Gasteiger partial charge in [-0.2, -0.15) is 0 Å². The summed E-state index contributed by atoms with van der Waals surface area (Å²) in [5, 5.41) is 6.20. The topological polar surface area (TPSA) is 67.4 Å². The van der Waals surface area contributed by atoms with Crippen molar-refractivity contribution in [2.24, 2.45) is 5.92 Å². The van der Waals surface area contributed by atoms with E-state index in [0.717, 1.165) is 34.8 Å². The van der Waals surface area contributed by atoms with Gasteiger partial charge < -0.3 is 10.1 Å². The molecule has 0 bridgehead atoms. The van der Waals surface area contributed by atoms with E-state index in [2.05, 4.69) is 20.2 Å². The van der Waals surface area contributed by atoms with E-state index in [4.69, 9.17) is 4.74 Å². The van der Waals surface area contributed by atoms with Crippen molar-refractivity contribution in [3.63, 3.8) is 0 Å². The number of ether oxygens (including phenoxy) is 1. The lowest BCUT2D eigenvalue weighted by Gasteiger charge is -2.15. The van der Waals surface area contributed by atoms with Crippen molar-refractivity contribution in [2.45, 2.75) is 13.0 Å². The molecule has 0 amide bonds. The fraction of sp³-hybridized carbons (Fsp3) is 0.500. The van der Waals surface area contributed by atoms with Crippen molar-refractivity contribution in [3.05, 3.63) is 17.3 Å². The second kappa shape index (κ2) is 5.95. The van der Waals surface area contributed by atoms with Crippen LogP contribution in [0.15, 0.2) is 11.4 Å². The molecule has 112 valence electrons. The number of thiophene rings is 1. The first kappa shape index (κ1) is 14.2. The molecule has 0 aromatic carbocycles. The van der Waals surface area contributed by atoms with Crippen LogP contribution in [-0.2, 0) is 16.1 Å².